The summed E-state index contributed by atoms with van der Waals surface area (Å²) < 4.78 is 0. The summed E-state index contributed by atoms with van der Waals surface area (Å²) in [4.78, 5) is 0. The molecule has 0 saturated carbocycles. The normalized spacial score (nSPS) is 8.50. The lowest BCUT2D eigenvalue weighted by Gasteiger charge is -1.90. The average Bonchev–Trinajstić information content (AvgIpc) is 1.88. The molecule has 0 rings (SSSR count). The van der Waals surface area contributed by atoms with Gasteiger partial charge < -0.3 is 15.3 Å². The molecule has 0 spiro atoms. The van der Waals surface area contributed by atoms with Crippen molar-refractivity contribution in [3.05, 3.63) is 0 Å². The molecular weight excluding hydrogens is 156 g/mol. The monoisotopic (exact) mass is 180 g/mol. The second-order valence-corrected chi connectivity index (χ2v) is 2.99. The van der Waals surface area contributed by atoms with Crippen molar-refractivity contribution in [1.82, 2.24) is 0 Å². The van der Waals surface area contributed by atoms with Crippen LogP contribution in [0.3, 0.4) is 0 Å². The zero-order valence-corrected chi connectivity index (χ0v) is 8.91. The van der Waals surface area contributed by atoms with Crippen LogP contribution in [-0.4, -0.2) is 34.6 Å². The van der Waals surface area contributed by atoms with E-state index in [2.05, 4.69) is 0 Å². The van der Waals surface area contributed by atoms with Gasteiger partial charge in [0, 0.05) is 19.3 Å². The van der Waals surface area contributed by atoms with Gasteiger partial charge in [-0.1, -0.05) is 13.8 Å². The van der Waals surface area contributed by atoms with Gasteiger partial charge in [-0.15, -0.1) is 0 Å². The van der Waals surface area contributed by atoms with Gasteiger partial charge in [-0.25, -0.2) is 0 Å². The molecule has 0 unspecified atom stereocenters. The van der Waals surface area contributed by atoms with E-state index in [-0.39, 0.29) is 12.7 Å². The number of hydrogen-bond donors (Lipinski definition) is 3. The van der Waals surface area contributed by atoms with E-state index < -0.39 is 0 Å². The van der Waals surface area contributed by atoms with Crippen LogP contribution in [0.15, 0.2) is 0 Å². The summed E-state index contributed by atoms with van der Waals surface area (Å²) in [5, 5.41) is 23.8. The van der Waals surface area contributed by atoms with Gasteiger partial charge in [0.25, 0.3) is 0 Å². The highest BCUT2D eigenvalue weighted by Gasteiger charge is 1.81. The van der Waals surface area contributed by atoms with E-state index in [4.69, 9.17) is 15.3 Å². The minimum Gasteiger partial charge on any atom is -0.397 e. The molecule has 0 bridgehead atoms. The predicted molar refractivity (Wildman–Crippen MR) is 52.0 cm³/mol. The highest BCUT2D eigenvalue weighted by atomic mass is 16.3. The fraction of sp³-hybridized carbons (Fsp3) is 1.00. The Hall–Kier alpha value is -0.120. The number of hydrogen-bond acceptors (Lipinski definition) is 3. The zero-order valence-electron chi connectivity index (χ0n) is 8.91. The zero-order chi connectivity index (χ0) is 10.6. The van der Waals surface area contributed by atoms with Crippen molar-refractivity contribution >= 4 is 0 Å². The van der Waals surface area contributed by atoms with Gasteiger partial charge in [0.1, 0.15) is 0 Å². The SMILES string of the molecule is CC(C)CO.CC(C)O.CCO. The topological polar surface area (TPSA) is 60.7 Å². The lowest BCUT2D eigenvalue weighted by molar-refractivity contribution is 0.216. The summed E-state index contributed by atoms with van der Waals surface area (Å²) in [6.45, 7) is 9.62. The van der Waals surface area contributed by atoms with Crippen molar-refractivity contribution in [2.75, 3.05) is 13.2 Å². The molecule has 0 radical (unpaired) electrons. The van der Waals surface area contributed by atoms with Gasteiger partial charge >= 0.3 is 0 Å². The smallest absolute Gasteiger partial charge is 0.0483 e. The summed E-state index contributed by atoms with van der Waals surface area (Å²) >= 11 is 0. The maximum Gasteiger partial charge on any atom is 0.0483 e. The van der Waals surface area contributed by atoms with Gasteiger partial charge in [-0.3, -0.25) is 0 Å². The Balaban J connectivity index is -0.000000105. The second-order valence-electron chi connectivity index (χ2n) is 2.99. The van der Waals surface area contributed by atoms with E-state index in [0.29, 0.717) is 12.5 Å². The molecule has 0 aromatic rings. The largest absolute Gasteiger partial charge is 0.397 e. The fourth-order valence-corrected chi connectivity index (χ4v) is 0. The standard InChI is InChI=1S/C4H10O.C3H8O.C2H6O/c1-4(2)3-5;1-3(2)4;1-2-3/h4-5H,3H2,1-2H3;3-4H,1-2H3;3H,2H2,1H3. The van der Waals surface area contributed by atoms with E-state index in [9.17, 15) is 0 Å². The molecule has 3 N–H and O–H groups in total. The van der Waals surface area contributed by atoms with E-state index in [1.54, 1.807) is 20.8 Å². The van der Waals surface area contributed by atoms with Gasteiger partial charge in [0.05, 0.1) is 0 Å². The molecule has 0 atom stereocenters. The van der Waals surface area contributed by atoms with Crippen LogP contribution in [-0.2, 0) is 0 Å². The van der Waals surface area contributed by atoms with Crippen LogP contribution < -0.4 is 0 Å². The molecule has 0 saturated heterocycles. The summed E-state index contributed by atoms with van der Waals surface area (Å²) in [7, 11) is 0. The highest BCUT2D eigenvalue weighted by molar-refractivity contribution is 4.32. The molecule has 3 heteroatoms. The van der Waals surface area contributed by atoms with Crippen LogP contribution in [0.25, 0.3) is 0 Å². The lowest BCUT2D eigenvalue weighted by atomic mass is 10.2. The van der Waals surface area contributed by atoms with E-state index in [1.165, 1.54) is 0 Å². The molecule has 0 amide bonds. The van der Waals surface area contributed by atoms with Crippen molar-refractivity contribution in [2.24, 2.45) is 5.92 Å². The molecule has 0 fully saturated rings. The average molecular weight is 180 g/mol. The third-order valence-electron chi connectivity index (χ3n) is 0.365. The van der Waals surface area contributed by atoms with Crippen molar-refractivity contribution in [3.63, 3.8) is 0 Å². The summed E-state index contributed by atoms with van der Waals surface area (Å²) in [6.07, 6.45) is -0.167. The van der Waals surface area contributed by atoms with E-state index in [1.807, 2.05) is 13.8 Å². The minimum atomic E-state index is -0.167. The summed E-state index contributed by atoms with van der Waals surface area (Å²) in [5.74, 6) is 0.440. The molecule has 78 valence electrons. The van der Waals surface area contributed by atoms with Crippen molar-refractivity contribution in [1.29, 1.82) is 0 Å². The van der Waals surface area contributed by atoms with Crippen molar-refractivity contribution in [2.45, 2.75) is 40.7 Å². The Morgan fingerprint density at radius 1 is 1.00 bits per heavy atom. The number of aliphatic hydroxyl groups is 3. The number of aliphatic hydroxyl groups excluding tert-OH is 3. The maximum atomic E-state index is 8.14. The first-order valence-electron chi connectivity index (χ1n) is 4.32. The third kappa shape index (κ3) is 220. The van der Waals surface area contributed by atoms with Crippen LogP contribution in [0.2, 0.25) is 0 Å². The first-order valence-corrected chi connectivity index (χ1v) is 4.32. The van der Waals surface area contributed by atoms with Crippen LogP contribution >= 0.6 is 0 Å². The molecule has 0 aromatic carbocycles. The molecule has 12 heavy (non-hydrogen) atoms. The van der Waals surface area contributed by atoms with Gasteiger partial charge in [0.15, 0.2) is 0 Å². The lowest BCUT2D eigenvalue weighted by Crippen LogP contribution is -1.90. The quantitative estimate of drug-likeness (QED) is 0.564. The molecular formula is C9H24O3. The van der Waals surface area contributed by atoms with Crippen molar-refractivity contribution in [3.8, 4) is 0 Å². The van der Waals surface area contributed by atoms with Gasteiger partial charge in [-0.05, 0) is 26.7 Å². The van der Waals surface area contributed by atoms with Crippen LogP contribution in [0.5, 0.6) is 0 Å². The first kappa shape index (κ1) is 17.8. The Labute approximate surface area is 76.1 Å². The minimum absolute atomic E-state index is 0.167. The molecule has 0 aliphatic carbocycles. The fourth-order valence-electron chi connectivity index (χ4n) is 0. The van der Waals surface area contributed by atoms with E-state index in [0.717, 1.165) is 0 Å². The molecule has 0 heterocycles. The van der Waals surface area contributed by atoms with Crippen LogP contribution in [0, 0.1) is 5.92 Å². The Kier molecular flexibility index (Phi) is 25.4. The van der Waals surface area contributed by atoms with Gasteiger partial charge in [0.2, 0.25) is 0 Å². The molecule has 0 aliphatic rings. The summed E-state index contributed by atoms with van der Waals surface area (Å²) in [5.41, 5.74) is 0. The summed E-state index contributed by atoms with van der Waals surface area (Å²) in [6, 6.07) is 0. The van der Waals surface area contributed by atoms with Crippen LogP contribution in [0.1, 0.15) is 34.6 Å². The Morgan fingerprint density at radius 3 is 1.08 bits per heavy atom. The predicted octanol–water partition coefficient (Wildman–Crippen LogP) is 1.02. The molecule has 3 nitrogen and oxygen atoms in total. The molecule has 0 aromatic heterocycles. The van der Waals surface area contributed by atoms with Crippen molar-refractivity contribution < 1.29 is 15.3 Å². The number of rotatable bonds is 1. The van der Waals surface area contributed by atoms with Gasteiger partial charge in [-0.2, -0.15) is 0 Å². The Bertz CT molecular complexity index is 51.0. The Morgan fingerprint density at radius 2 is 1.08 bits per heavy atom. The third-order valence-corrected chi connectivity index (χ3v) is 0.365. The maximum absolute atomic E-state index is 8.14. The first-order chi connectivity index (χ1) is 5.42. The van der Waals surface area contributed by atoms with E-state index >= 15 is 0 Å². The molecule has 0 aliphatic heterocycles. The highest BCUT2D eigenvalue weighted by Crippen LogP contribution is 1.83. The second kappa shape index (κ2) is 17.1. The van der Waals surface area contributed by atoms with Crippen LogP contribution in [0.4, 0.5) is 0 Å².